The van der Waals surface area contributed by atoms with Crippen LogP contribution in [0.15, 0.2) is 42.5 Å². The van der Waals surface area contributed by atoms with Gasteiger partial charge >= 0.3 is 6.03 Å². The van der Waals surface area contributed by atoms with Gasteiger partial charge in [0.2, 0.25) is 0 Å². The number of amides is 2. The largest absolute Gasteiger partial charge is 0.493 e. The van der Waals surface area contributed by atoms with Crippen LogP contribution in [0.25, 0.3) is 0 Å². The molecule has 2 amide bonds. The second kappa shape index (κ2) is 8.21. The molecule has 0 saturated heterocycles. The molecule has 2 rings (SSSR count). The molecule has 0 spiro atoms. The standard InChI is InChI=1S/C18H22N2O4/c1-12-4-7-14(8-5-12)20-18(22)19-11-15(21)13-6-9-16(23-2)17(10-13)24-3/h4-10,15,21H,11H2,1-3H3,(H2,19,20,22). The lowest BCUT2D eigenvalue weighted by molar-refractivity contribution is 0.174. The van der Waals surface area contributed by atoms with Gasteiger partial charge in [0.05, 0.1) is 20.3 Å². The first-order valence-electron chi connectivity index (χ1n) is 7.55. The fourth-order valence-corrected chi connectivity index (χ4v) is 2.18. The number of aliphatic hydroxyl groups is 1. The fraction of sp³-hybridized carbons (Fsp3) is 0.278. The molecule has 6 nitrogen and oxygen atoms in total. The Balaban J connectivity index is 1.91. The van der Waals surface area contributed by atoms with Gasteiger partial charge in [-0.25, -0.2) is 4.79 Å². The van der Waals surface area contributed by atoms with Crippen LogP contribution in [0.4, 0.5) is 10.5 Å². The number of carbonyl (C=O) groups excluding carboxylic acids is 1. The molecule has 0 saturated carbocycles. The summed E-state index contributed by atoms with van der Waals surface area (Å²) in [7, 11) is 3.08. The smallest absolute Gasteiger partial charge is 0.319 e. The summed E-state index contributed by atoms with van der Waals surface area (Å²) in [5.41, 5.74) is 2.44. The summed E-state index contributed by atoms with van der Waals surface area (Å²) in [6, 6.07) is 12.2. The van der Waals surface area contributed by atoms with Crippen molar-refractivity contribution in [2.75, 3.05) is 26.1 Å². The van der Waals surface area contributed by atoms with Gasteiger partial charge in [-0.05, 0) is 36.8 Å². The molecule has 0 radical (unpaired) electrons. The minimum Gasteiger partial charge on any atom is -0.493 e. The normalized spacial score (nSPS) is 11.5. The second-order valence-electron chi connectivity index (χ2n) is 5.33. The van der Waals surface area contributed by atoms with E-state index in [1.54, 1.807) is 25.3 Å². The number of carbonyl (C=O) groups is 1. The van der Waals surface area contributed by atoms with Gasteiger partial charge in [-0.15, -0.1) is 0 Å². The number of hydrogen-bond donors (Lipinski definition) is 3. The van der Waals surface area contributed by atoms with E-state index in [0.717, 1.165) is 5.56 Å². The van der Waals surface area contributed by atoms with Gasteiger partial charge in [0.1, 0.15) is 0 Å². The average Bonchev–Trinajstić information content (AvgIpc) is 2.61. The van der Waals surface area contributed by atoms with Crippen LogP contribution in [0.2, 0.25) is 0 Å². The minimum absolute atomic E-state index is 0.0766. The van der Waals surface area contributed by atoms with Crippen molar-refractivity contribution in [2.45, 2.75) is 13.0 Å². The Morgan fingerprint density at radius 3 is 2.38 bits per heavy atom. The maximum Gasteiger partial charge on any atom is 0.319 e. The molecule has 0 aromatic heterocycles. The maximum atomic E-state index is 11.9. The van der Waals surface area contributed by atoms with Crippen molar-refractivity contribution < 1.29 is 19.4 Å². The quantitative estimate of drug-likeness (QED) is 0.761. The van der Waals surface area contributed by atoms with Crippen molar-refractivity contribution in [3.8, 4) is 11.5 Å². The molecular formula is C18H22N2O4. The molecule has 0 aliphatic carbocycles. The highest BCUT2D eigenvalue weighted by Crippen LogP contribution is 2.29. The highest BCUT2D eigenvalue weighted by Gasteiger charge is 2.13. The van der Waals surface area contributed by atoms with E-state index >= 15 is 0 Å². The molecule has 0 bridgehead atoms. The van der Waals surface area contributed by atoms with E-state index in [-0.39, 0.29) is 12.6 Å². The summed E-state index contributed by atoms with van der Waals surface area (Å²) in [5.74, 6) is 1.11. The second-order valence-corrected chi connectivity index (χ2v) is 5.33. The third kappa shape index (κ3) is 4.63. The molecule has 2 aromatic carbocycles. The van der Waals surface area contributed by atoms with Crippen LogP contribution < -0.4 is 20.1 Å². The molecule has 0 aliphatic heterocycles. The Kier molecular flexibility index (Phi) is 6.03. The topological polar surface area (TPSA) is 79.8 Å². The number of methoxy groups -OCH3 is 2. The van der Waals surface area contributed by atoms with Gasteiger partial charge in [0, 0.05) is 12.2 Å². The zero-order chi connectivity index (χ0) is 17.5. The Hall–Kier alpha value is -2.73. The van der Waals surface area contributed by atoms with Crippen LogP contribution >= 0.6 is 0 Å². The van der Waals surface area contributed by atoms with E-state index in [0.29, 0.717) is 22.7 Å². The fourth-order valence-electron chi connectivity index (χ4n) is 2.18. The van der Waals surface area contributed by atoms with Crippen LogP contribution in [-0.4, -0.2) is 31.9 Å². The van der Waals surface area contributed by atoms with Crippen molar-refractivity contribution in [3.63, 3.8) is 0 Å². The molecule has 1 unspecified atom stereocenters. The monoisotopic (exact) mass is 330 g/mol. The predicted molar refractivity (Wildman–Crippen MR) is 92.7 cm³/mol. The van der Waals surface area contributed by atoms with Gasteiger partial charge in [0.25, 0.3) is 0 Å². The van der Waals surface area contributed by atoms with Crippen molar-refractivity contribution in [1.82, 2.24) is 5.32 Å². The van der Waals surface area contributed by atoms with E-state index in [2.05, 4.69) is 10.6 Å². The first kappa shape index (κ1) is 17.6. The molecule has 6 heteroatoms. The molecule has 1 atom stereocenters. The third-order valence-corrected chi connectivity index (χ3v) is 3.56. The van der Waals surface area contributed by atoms with E-state index in [4.69, 9.17) is 9.47 Å². The SMILES string of the molecule is COc1ccc(C(O)CNC(=O)Nc2ccc(C)cc2)cc1OC. The highest BCUT2D eigenvalue weighted by molar-refractivity contribution is 5.89. The first-order valence-corrected chi connectivity index (χ1v) is 7.55. The van der Waals surface area contributed by atoms with Gasteiger partial charge in [0.15, 0.2) is 11.5 Å². The number of ether oxygens (including phenoxy) is 2. The van der Waals surface area contributed by atoms with Crippen LogP contribution in [0.3, 0.4) is 0 Å². The molecule has 0 fully saturated rings. The minimum atomic E-state index is -0.853. The van der Waals surface area contributed by atoms with Crippen LogP contribution in [0, 0.1) is 6.92 Å². The number of rotatable bonds is 6. The number of urea groups is 1. The Bertz CT molecular complexity index is 686. The Morgan fingerprint density at radius 2 is 1.75 bits per heavy atom. The van der Waals surface area contributed by atoms with Crippen LogP contribution in [0.1, 0.15) is 17.2 Å². The molecule has 24 heavy (non-hydrogen) atoms. The van der Waals surface area contributed by atoms with Crippen molar-refractivity contribution >= 4 is 11.7 Å². The molecule has 128 valence electrons. The maximum absolute atomic E-state index is 11.9. The lowest BCUT2D eigenvalue weighted by atomic mass is 10.1. The molecule has 0 heterocycles. The Morgan fingerprint density at radius 1 is 1.08 bits per heavy atom. The molecule has 0 aliphatic rings. The van der Waals surface area contributed by atoms with E-state index in [1.165, 1.54) is 7.11 Å². The van der Waals surface area contributed by atoms with Crippen molar-refractivity contribution in [2.24, 2.45) is 0 Å². The van der Waals surface area contributed by atoms with Gasteiger partial charge < -0.3 is 25.2 Å². The number of nitrogens with one attached hydrogen (secondary N) is 2. The summed E-state index contributed by atoms with van der Waals surface area (Å²) < 4.78 is 10.4. The van der Waals surface area contributed by atoms with Gasteiger partial charge in [-0.2, -0.15) is 0 Å². The number of anilines is 1. The lowest BCUT2D eigenvalue weighted by Crippen LogP contribution is -2.32. The van der Waals surface area contributed by atoms with E-state index in [1.807, 2.05) is 31.2 Å². The molecule has 3 N–H and O–H groups in total. The molecule has 2 aromatic rings. The van der Waals surface area contributed by atoms with Gasteiger partial charge in [-0.3, -0.25) is 0 Å². The van der Waals surface area contributed by atoms with E-state index < -0.39 is 6.10 Å². The number of hydrogen-bond acceptors (Lipinski definition) is 4. The first-order chi connectivity index (χ1) is 11.5. The zero-order valence-corrected chi connectivity index (χ0v) is 14.0. The highest BCUT2D eigenvalue weighted by atomic mass is 16.5. The molecular weight excluding hydrogens is 308 g/mol. The van der Waals surface area contributed by atoms with Crippen molar-refractivity contribution in [1.29, 1.82) is 0 Å². The number of benzene rings is 2. The van der Waals surface area contributed by atoms with Crippen molar-refractivity contribution in [3.05, 3.63) is 53.6 Å². The lowest BCUT2D eigenvalue weighted by Gasteiger charge is -2.15. The third-order valence-electron chi connectivity index (χ3n) is 3.56. The van der Waals surface area contributed by atoms with Crippen LogP contribution in [-0.2, 0) is 0 Å². The summed E-state index contributed by atoms with van der Waals surface area (Å²) in [5, 5.41) is 15.6. The summed E-state index contributed by atoms with van der Waals surface area (Å²) in [4.78, 5) is 11.9. The average molecular weight is 330 g/mol. The number of aryl methyl sites for hydroxylation is 1. The summed E-state index contributed by atoms with van der Waals surface area (Å²) in [6.07, 6.45) is -0.853. The summed E-state index contributed by atoms with van der Waals surface area (Å²) >= 11 is 0. The zero-order valence-electron chi connectivity index (χ0n) is 14.0. The van der Waals surface area contributed by atoms with Gasteiger partial charge in [-0.1, -0.05) is 23.8 Å². The van der Waals surface area contributed by atoms with E-state index in [9.17, 15) is 9.90 Å². The van der Waals surface area contributed by atoms with Crippen LogP contribution in [0.5, 0.6) is 11.5 Å². The summed E-state index contributed by atoms with van der Waals surface area (Å²) in [6.45, 7) is 2.05. The Labute approximate surface area is 141 Å². The predicted octanol–water partition coefficient (Wildman–Crippen LogP) is 2.87. The number of aliphatic hydroxyl groups excluding tert-OH is 1.